The van der Waals surface area contributed by atoms with Gasteiger partial charge in [0.2, 0.25) is 17.7 Å². The topological polar surface area (TPSA) is 139 Å². The maximum Gasteiger partial charge on any atom is 0.262 e. The Labute approximate surface area is 180 Å². The van der Waals surface area contributed by atoms with Crippen molar-refractivity contribution < 1.29 is 24.0 Å². The minimum atomic E-state index is -1.03. The molecule has 1 aromatic carbocycles. The summed E-state index contributed by atoms with van der Waals surface area (Å²) in [6, 6.07) is 3.86. The molecule has 3 rings (SSSR count). The van der Waals surface area contributed by atoms with Gasteiger partial charge in [-0.25, -0.2) is 0 Å². The van der Waals surface area contributed by atoms with E-state index in [2.05, 4.69) is 10.6 Å². The van der Waals surface area contributed by atoms with Crippen LogP contribution in [0.25, 0.3) is 0 Å². The van der Waals surface area contributed by atoms with Crippen molar-refractivity contribution in [3.05, 3.63) is 34.9 Å². The maximum atomic E-state index is 13.2. The number of carbonyl (C=O) groups is 5. The molecule has 1 aromatic rings. The molecular formula is C22H28N4O5. The number of fused-ring (bicyclic) bond motifs is 1. The van der Waals surface area contributed by atoms with Gasteiger partial charge in [0.15, 0.2) is 0 Å². The van der Waals surface area contributed by atoms with E-state index in [4.69, 9.17) is 5.73 Å². The van der Waals surface area contributed by atoms with E-state index in [1.165, 1.54) is 6.07 Å². The average molecular weight is 428 g/mol. The summed E-state index contributed by atoms with van der Waals surface area (Å²) in [6.07, 6.45) is 2.92. The molecule has 0 aromatic heterocycles. The molecule has 9 heteroatoms. The summed E-state index contributed by atoms with van der Waals surface area (Å²) in [7, 11) is 0. The van der Waals surface area contributed by atoms with Gasteiger partial charge in [0.1, 0.15) is 6.04 Å². The number of nitrogens with two attached hydrogens (primary N) is 1. The van der Waals surface area contributed by atoms with Crippen LogP contribution in [0.4, 0.5) is 0 Å². The lowest BCUT2D eigenvalue weighted by Crippen LogP contribution is -2.54. The van der Waals surface area contributed by atoms with Gasteiger partial charge in [-0.2, -0.15) is 0 Å². The summed E-state index contributed by atoms with van der Waals surface area (Å²) < 4.78 is 0. The number of nitrogens with zero attached hydrogens (tertiary/aromatic N) is 1. The minimum Gasteiger partial charge on any atom is -0.347 e. The van der Waals surface area contributed by atoms with Gasteiger partial charge < -0.3 is 11.1 Å². The predicted molar refractivity (Wildman–Crippen MR) is 112 cm³/mol. The molecule has 0 radical (unpaired) electrons. The molecule has 0 saturated carbocycles. The fourth-order valence-electron chi connectivity index (χ4n) is 4.12. The van der Waals surface area contributed by atoms with Crippen LogP contribution in [0.15, 0.2) is 18.2 Å². The van der Waals surface area contributed by atoms with Crippen molar-refractivity contribution in [2.75, 3.05) is 6.54 Å². The average Bonchev–Trinajstić information content (AvgIpc) is 2.96. The third-order valence-corrected chi connectivity index (χ3v) is 5.70. The quantitative estimate of drug-likeness (QED) is 0.416. The number of hydrogen-bond acceptors (Lipinski definition) is 6. The molecule has 1 unspecified atom stereocenters. The standard InChI is InChI=1S/C22H28N4O5/c1-22(2,25-17(28)9-4-3-5-12-23)14-8-6-7-13-18(14)21(31)26(20(13)30)15-10-11-16(27)24-19(15)29/h6-8,15H,3-5,9-12,23H2,1-2H3,(H,25,28)(H,24,27,29). The van der Waals surface area contributed by atoms with Gasteiger partial charge >= 0.3 is 0 Å². The Hall–Kier alpha value is -3.07. The maximum absolute atomic E-state index is 13.2. The number of piperidine rings is 1. The van der Waals surface area contributed by atoms with Crippen LogP contribution >= 0.6 is 0 Å². The minimum absolute atomic E-state index is 0.0579. The first-order chi connectivity index (χ1) is 14.7. The van der Waals surface area contributed by atoms with E-state index >= 15 is 0 Å². The van der Waals surface area contributed by atoms with Crippen LogP contribution in [0, 0.1) is 0 Å². The van der Waals surface area contributed by atoms with Gasteiger partial charge in [-0.05, 0) is 51.3 Å². The highest BCUT2D eigenvalue weighted by Gasteiger charge is 2.46. The van der Waals surface area contributed by atoms with Crippen molar-refractivity contribution >= 4 is 29.5 Å². The van der Waals surface area contributed by atoms with Crippen LogP contribution in [0.3, 0.4) is 0 Å². The van der Waals surface area contributed by atoms with E-state index in [1.807, 2.05) is 0 Å². The Morgan fingerprint density at radius 2 is 1.90 bits per heavy atom. The number of amides is 5. The molecule has 0 bridgehead atoms. The monoisotopic (exact) mass is 428 g/mol. The smallest absolute Gasteiger partial charge is 0.262 e. The largest absolute Gasteiger partial charge is 0.347 e. The summed E-state index contributed by atoms with van der Waals surface area (Å²) in [5.41, 5.74) is 5.45. The molecule has 2 heterocycles. The second-order valence-electron chi connectivity index (χ2n) is 8.45. The molecule has 5 amide bonds. The van der Waals surface area contributed by atoms with E-state index < -0.39 is 35.2 Å². The van der Waals surface area contributed by atoms with Gasteiger partial charge in [-0.1, -0.05) is 18.6 Å². The number of unbranched alkanes of at least 4 members (excludes halogenated alkanes) is 2. The van der Waals surface area contributed by atoms with Gasteiger partial charge in [0, 0.05) is 12.8 Å². The van der Waals surface area contributed by atoms with Crippen LogP contribution in [-0.4, -0.2) is 47.0 Å². The number of rotatable bonds is 8. The van der Waals surface area contributed by atoms with Crippen LogP contribution in [0.5, 0.6) is 0 Å². The van der Waals surface area contributed by atoms with Crippen LogP contribution in [0.2, 0.25) is 0 Å². The van der Waals surface area contributed by atoms with Crippen molar-refractivity contribution in [3.63, 3.8) is 0 Å². The lowest BCUT2D eigenvalue weighted by Gasteiger charge is -2.30. The Morgan fingerprint density at radius 3 is 2.58 bits per heavy atom. The van der Waals surface area contributed by atoms with E-state index in [1.54, 1.807) is 26.0 Å². The highest BCUT2D eigenvalue weighted by molar-refractivity contribution is 6.24. The number of benzene rings is 1. The Kier molecular flexibility index (Phi) is 6.54. The zero-order valence-electron chi connectivity index (χ0n) is 17.8. The second-order valence-corrected chi connectivity index (χ2v) is 8.45. The summed E-state index contributed by atoms with van der Waals surface area (Å²) in [5.74, 6) is -2.39. The van der Waals surface area contributed by atoms with E-state index in [-0.39, 0.29) is 29.9 Å². The molecule has 1 saturated heterocycles. The predicted octanol–water partition coefficient (Wildman–Crippen LogP) is 0.958. The molecule has 2 aliphatic rings. The zero-order valence-corrected chi connectivity index (χ0v) is 17.8. The molecule has 166 valence electrons. The summed E-state index contributed by atoms with van der Waals surface area (Å²) >= 11 is 0. The molecule has 4 N–H and O–H groups in total. The third-order valence-electron chi connectivity index (χ3n) is 5.70. The Balaban J connectivity index is 1.83. The first kappa shape index (κ1) is 22.6. The summed E-state index contributed by atoms with van der Waals surface area (Å²) in [5, 5.41) is 5.13. The van der Waals surface area contributed by atoms with E-state index in [9.17, 15) is 24.0 Å². The normalized spacial score (nSPS) is 18.8. The van der Waals surface area contributed by atoms with Crippen molar-refractivity contribution in [1.29, 1.82) is 0 Å². The molecule has 1 fully saturated rings. The van der Waals surface area contributed by atoms with Crippen LogP contribution in [0.1, 0.15) is 78.7 Å². The SMILES string of the molecule is CC(C)(NC(=O)CCCCCN)c1cccc2c1C(=O)N(C1CCC(=O)NC1=O)C2=O. The lowest BCUT2D eigenvalue weighted by atomic mass is 9.87. The first-order valence-electron chi connectivity index (χ1n) is 10.5. The molecule has 9 nitrogen and oxygen atoms in total. The second kappa shape index (κ2) is 8.97. The lowest BCUT2D eigenvalue weighted by molar-refractivity contribution is -0.136. The molecule has 31 heavy (non-hydrogen) atoms. The highest BCUT2D eigenvalue weighted by Crippen LogP contribution is 2.34. The van der Waals surface area contributed by atoms with Crippen LogP contribution in [-0.2, 0) is 19.9 Å². The Morgan fingerprint density at radius 1 is 1.16 bits per heavy atom. The number of nitrogens with one attached hydrogen (secondary N) is 2. The Bertz CT molecular complexity index is 940. The fourth-order valence-corrected chi connectivity index (χ4v) is 4.12. The molecule has 2 aliphatic heterocycles. The fraction of sp³-hybridized carbons (Fsp3) is 0.500. The van der Waals surface area contributed by atoms with Gasteiger partial charge in [-0.3, -0.25) is 34.2 Å². The van der Waals surface area contributed by atoms with Crippen molar-refractivity contribution in [2.45, 2.75) is 64.0 Å². The number of hydrogen-bond donors (Lipinski definition) is 3. The molecule has 0 aliphatic carbocycles. The van der Waals surface area contributed by atoms with Gasteiger partial charge in [-0.15, -0.1) is 0 Å². The third kappa shape index (κ3) is 4.51. The number of imide groups is 2. The zero-order chi connectivity index (χ0) is 22.8. The molecule has 0 spiro atoms. The van der Waals surface area contributed by atoms with Crippen LogP contribution < -0.4 is 16.4 Å². The summed E-state index contributed by atoms with van der Waals surface area (Å²) in [6.45, 7) is 4.13. The highest BCUT2D eigenvalue weighted by atomic mass is 16.2. The number of carbonyl (C=O) groups excluding carboxylic acids is 5. The summed E-state index contributed by atoms with van der Waals surface area (Å²) in [4.78, 5) is 63.3. The van der Waals surface area contributed by atoms with E-state index in [0.717, 1.165) is 17.7 Å². The van der Waals surface area contributed by atoms with Crippen molar-refractivity contribution in [2.24, 2.45) is 5.73 Å². The van der Waals surface area contributed by atoms with E-state index in [0.29, 0.717) is 24.9 Å². The van der Waals surface area contributed by atoms with Gasteiger partial charge in [0.05, 0.1) is 16.7 Å². The van der Waals surface area contributed by atoms with Crippen molar-refractivity contribution in [1.82, 2.24) is 15.5 Å². The molecule has 1 atom stereocenters. The first-order valence-corrected chi connectivity index (χ1v) is 10.5. The van der Waals surface area contributed by atoms with Crippen molar-refractivity contribution in [3.8, 4) is 0 Å². The molecular weight excluding hydrogens is 400 g/mol. The van der Waals surface area contributed by atoms with Gasteiger partial charge in [0.25, 0.3) is 11.8 Å².